The molecular weight excluding hydrogens is 227 g/mol. The minimum Gasteiger partial charge on any atom is -0.655 e. The van der Waals surface area contributed by atoms with Crippen LogP contribution in [0.15, 0.2) is 12.2 Å². The molecule has 0 spiro atoms. The summed E-state index contributed by atoms with van der Waals surface area (Å²) in [6.07, 6.45) is 2.30. The van der Waals surface area contributed by atoms with Crippen LogP contribution in [-0.2, 0) is 55.1 Å². The summed E-state index contributed by atoms with van der Waals surface area (Å²) in [5.74, 6) is -0.852. The monoisotopic (exact) mass is 232 g/mol. The molecule has 0 aromatic carbocycles. The number of imide groups is 1. The van der Waals surface area contributed by atoms with Crippen LogP contribution in [0.2, 0.25) is 0 Å². The van der Waals surface area contributed by atoms with Crippen LogP contribution in [0.4, 0.5) is 0 Å². The average Bonchev–Trinajstić information content (AvgIpc) is 1.98. The third kappa shape index (κ3) is 2.52. The van der Waals surface area contributed by atoms with Crippen molar-refractivity contribution in [3.63, 3.8) is 0 Å². The fourth-order valence-electron chi connectivity index (χ4n) is 0.387. The molecule has 1 aliphatic heterocycles. The van der Waals surface area contributed by atoms with E-state index >= 15 is 0 Å². The van der Waals surface area contributed by atoms with Crippen LogP contribution in [0.3, 0.4) is 0 Å². The first-order valence-electron chi connectivity index (χ1n) is 1.95. The summed E-state index contributed by atoms with van der Waals surface area (Å²) in [5.41, 5.74) is 0. The van der Waals surface area contributed by atoms with E-state index in [1.807, 2.05) is 0 Å². The van der Waals surface area contributed by atoms with Crippen LogP contribution in [0.1, 0.15) is 0 Å². The molecule has 5 heteroatoms. The number of hydrogen-bond donors (Lipinski definition) is 0. The predicted molar refractivity (Wildman–Crippen MR) is 34.8 cm³/mol. The van der Waals surface area contributed by atoms with Crippen LogP contribution < -0.4 is 0 Å². The largest absolute Gasteiger partial charge is 0.655 e. The van der Waals surface area contributed by atoms with Crippen molar-refractivity contribution in [2.45, 2.75) is 0 Å². The van der Waals surface area contributed by atoms with Gasteiger partial charge in [0.1, 0.15) is 0 Å². The molecule has 2 amide bonds. The van der Waals surface area contributed by atoms with Gasteiger partial charge in [-0.05, 0) is 0 Å². The van der Waals surface area contributed by atoms with E-state index in [9.17, 15) is 9.59 Å². The van der Waals surface area contributed by atoms with Gasteiger partial charge >= 0.3 is 0 Å². The second-order valence-electron chi connectivity index (χ2n) is 1.30. The van der Waals surface area contributed by atoms with Crippen molar-refractivity contribution in [2.24, 2.45) is 0 Å². The molecule has 0 saturated heterocycles. The molecule has 1 aliphatic rings. The van der Waals surface area contributed by atoms with E-state index in [0.29, 0.717) is 4.31 Å². The maximum Gasteiger partial charge on any atom is 0.231 e. The van der Waals surface area contributed by atoms with Gasteiger partial charge < -0.3 is 24.5 Å². The number of carbonyl (C=O) groups is 2. The van der Waals surface area contributed by atoms with Gasteiger partial charge in [0.25, 0.3) is 0 Å². The molecule has 1 radical (unpaired) electrons. The first-order valence-corrected chi connectivity index (χ1v) is 2.31. The fraction of sp³-hybridized carbons (Fsp3) is 0. The minimum absolute atomic E-state index is 0. The van der Waals surface area contributed by atoms with Gasteiger partial charge in [-0.3, -0.25) is 9.59 Å². The van der Waals surface area contributed by atoms with Gasteiger partial charge in [-0.15, -0.1) is 0 Å². The van der Waals surface area contributed by atoms with E-state index in [2.05, 4.69) is 12.8 Å². The second-order valence-corrected chi connectivity index (χ2v) is 1.67. The third-order valence-electron chi connectivity index (χ3n) is 0.769. The maximum absolute atomic E-state index is 10.3. The first kappa shape index (κ1) is 13.0. The number of carbonyl (C=O) groups excluding carboxylic acids is 2. The van der Waals surface area contributed by atoms with Gasteiger partial charge in [-0.2, -0.15) is 0 Å². The molecule has 0 fully saturated rings. The summed E-state index contributed by atoms with van der Waals surface area (Å²) < 4.78 is 0.639. The van der Waals surface area contributed by atoms with Crippen molar-refractivity contribution in [2.75, 3.05) is 0 Å². The molecule has 0 aromatic rings. The van der Waals surface area contributed by atoms with Crippen LogP contribution in [0.25, 0.3) is 0 Å². The van der Waals surface area contributed by atoms with E-state index in [0.717, 1.165) is 12.2 Å². The topological polar surface area (TPSA) is 37.4 Å². The molecule has 0 N–H and O–H groups in total. The van der Waals surface area contributed by atoms with Gasteiger partial charge in [0.2, 0.25) is 11.8 Å². The molecule has 0 bridgehead atoms. The molecular formula is C5H5NO2SY-2. The van der Waals surface area contributed by atoms with Gasteiger partial charge in [-0.1, -0.05) is 0 Å². The molecule has 0 unspecified atom stereocenters. The molecule has 0 aromatic heterocycles. The Bertz CT molecular complexity index is 162. The molecule has 1 heterocycles. The Morgan fingerprint density at radius 3 is 1.60 bits per heavy atom. The minimum atomic E-state index is -0.426. The van der Waals surface area contributed by atoms with Crippen LogP contribution in [-0.4, -0.2) is 16.1 Å². The summed E-state index contributed by atoms with van der Waals surface area (Å²) in [6.45, 7) is 0. The number of rotatable bonds is 0. The Kier molecular flexibility index (Phi) is 6.54. The van der Waals surface area contributed by atoms with Gasteiger partial charge in [0.05, 0.1) is 0 Å². The Morgan fingerprint density at radius 2 is 1.50 bits per heavy atom. The molecule has 1 rings (SSSR count). The molecule has 53 valence electrons. The SMILES string of the molecule is O=C1C=CC(=O)N1[S-].[CH3-].[Y]. The zero-order valence-corrected chi connectivity index (χ0v) is 9.06. The van der Waals surface area contributed by atoms with Gasteiger partial charge in [0, 0.05) is 44.9 Å². The Morgan fingerprint density at radius 1 is 1.20 bits per heavy atom. The summed E-state index contributed by atoms with van der Waals surface area (Å²) in [7, 11) is 0. The number of hydrogen-bond acceptors (Lipinski definition) is 3. The van der Waals surface area contributed by atoms with Crippen LogP contribution in [0, 0.1) is 7.43 Å². The summed E-state index contributed by atoms with van der Waals surface area (Å²) in [5, 5.41) is 0. The van der Waals surface area contributed by atoms with Crippen molar-refractivity contribution in [1.29, 1.82) is 0 Å². The Balaban J connectivity index is 0. The van der Waals surface area contributed by atoms with Crippen molar-refractivity contribution in [3.8, 4) is 0 Å². The van der Waals surface area contributed by atoms with Crippen LogP contribution >= 0.6 is 0 Å². The molecule has 3 nitrogen and oxygen atoms in total. The number of amides is 2. The quantitative estimate of drug-likeness (QED) is 0.330. The smallest absolute Gasteiger partial charge is 0.231 e. The normalized spacial score (nSPS) is 14.7. The Labute approximate surface area is 90.3 Å². The average molecular weight is 232 g/mol. The summed E-state index contributed by atoms with van der Waals surface area (Å²) in [6, 6.07) is 0. The second kappa shape index (κ2) is 5.05. The molecule has 0 saturated carbocycles. The van der Waals surface area contributed by atoms with E-state index in [-0.39, 0.29) is 40.1 Å². The standard InChI is InChI=1S/C4H2NO2S.CH3.Y/c6-3-1-2-4(7)5(3)8;;/h1-2H;1H3;/q2*-1;. The van der Waals surface area contributed by atoms with Gasteiger partial charge in [0.15, 0.2) is 0 Å². The number of nitrogens with zero attached hydrogens (tertiary/aromatic N) is 1. The van der Waals surface area contributed by atoms with Crippen LogP contribution in [0.5, 0.6) is 0 Å². The van der Waals surface area contributed by atoms with Crippen molar-refractivity contribution in [1.82, 2.24) is 4.31 Å². The van der Waals surface area contributed by atoms with E-state index in [1.54, 1.807) is 0 Å². The zero-order valence-electron chi connectivity index (χ0n) is 5.40. The predicted octanol–water partition coefficient (Wildman–Crippen LogP) is -0.179. The van der Waals surface area contributed by atoms with Crippen molar-refractivity contribution in [3.05, 3.63) is 19.6 Å². The first-order chi connectivity index (χ1) is 3.72. The maximum atomic E-state index is 10.3. The van der Waals surface area contributed by atoms with Crippen molar-refractivity contribution >= 4 is 24.6 Å². The van der Waals surface area contributed by atoms with Gasteiger partial charge in [-0.25, -0.2) is 0 Å². The molecule has 0 atom stereocenters. The van der Waals surface area contributed by atoms with E-state index in [1.165, 1.54) is 0 Å². The van der Waals surface area contributed by atoms with Crippen molar-refractivity contribution < 1.29 is 42.3 Å². The molecule has 0 aliphatic carbocycles. The molecule has 10 heavy (non-hydrogen) atoms. The summed E-state index contributed by atoms with van der Waals surface area (Å²) in [4.78, 5) is 20.6. The Hall–Kier alpha value is 0.334. The fourth-order valence-corrected chi connectivity index (χ4v) is 0.508. The zero-order chi connectivity index (χ0) is 6.15. The van der Waals surface area contributed by atoms with E-state index < -0.39 is 11.8 Å². The summed E-state index contributed by atoms with van der Waals surface area (Å²) >= 11 is 4.32. The third-order valence-corrected chi connectivity index (χ3v) is 1.13. The van der Waals surface area contributed by atoms with E-state index in [4.69, 9.17) is 0 Å².